The highest BCUT2D eigenvalue weighted by Crippen LogP contribution is 2.27. The molecule has 3 heterocycles. The molecule has 0 unspecified atom stereocenters. The van der Waals surface area contributed by atoms with E-state index >= 15 is 0 Å². The van der Waals surface area contributed by atoms with Gasteiger partial charge in [-0.05, 0) is 41.8 Å². The molecule has 0 atom stereocenters. The largest absolute Gasteiger partial charge is 0.493 e. The zero-order chi connectivity index (χ0) is 27.0. The third kappa shape index (κ3) is 6.54. The molecule has 202 valence electrons. The number of hydrogen-bond donors (Lipinski definition) is 2. The average Bonchev–Trinajstić information content (AvgIpc) is 3.52. The van der Waals surface area contributed by atoms with Gasteiger partial charge in [-0.15, -0.1) is 0 Å². The number of rotatable bonds is 10. The van der Waals surface area contributed by atoms with Crippen LogP contribution in [0.4, 0.5) is 11.6 Å². The van der Waals surface area contributed by atoms with Gasteiger partial charge in [0.1, 0.15) is 11.6 Å². The van der Waals surface area contributed by atoms with Gasteiger partial charge in [0.25, 0.3) is 0 Å². The molecule has 6 rings (SSSR count). The molecule has 0 spiro atoms. The summed E-state index contributed by atoms with van der Waals surface area (Å²) in [6.45, 7) is 5.34. The van der Waals surface area contributed by atoms with Crippen LogP contribution in [0.1, 0.15) is 6.42 Å². The normalized spacial score (nSPS) is 13.7. The summed E-state index contributed by atoms with van der Waals surface area (Å²) >= 11 is 0. The Hall–Kier alpha value is -4.53. The first kappa shape index (κ1) is 25.7. The fourth-order valence-corrected chi connectivity index (χ4v) is 4.74. The second-order valence-corrected chi connectivity index (χ2v) is 9.67. The van der Waals surface area contributed by atoms with Gasteiger partial charge in [-0.2, -0.15) is 0 Å². The first-order valence-corrected chi connectivity index (χ1v) is 13.6. The fourth-order valence-electron chi connectivity index (χ4n) is 4.74. The smallest absolute Gasteiger partial charge is 0.227 e. The van der Waals surface area contributed by atoms with Gasteiger partial charge < -0.3 is 19.8 Å². The van der Waals surface area contributed by atoms with E-state index in [0.29, 0.717) is 12.6 Å². The minimum Gasteiger partial charge on any atom is -0.493 e. The molecule has 2 aromatic heterocycles. The molecule has 5 aromatic rings. The number of ether oxygens (including phenoxy) is 2. The lowest BCUT2D eigenvalue weighted by Crippen LogP contribution is -2.37. The molecule has 0 amide bonds. The monoisotopic (exact) mass is 532 g/mol. The minimum atomic E-state index is 0.504. The van der Waals surface area contributed by atoms with Crippen LogP contribution in [0.3, 0.4) is 0 Å². The zero-order valence-corrected chi connectivity index (χ0v) is 22.3. The predicted octanol–water partition coefficient (Wildman–Crippen LogP) is 6.05. The highest BCUT2D eigenvalue weighted by atomic mass is 16.5. The summed E-state index contributed by atoms with van der Waals surface area (Å²) in [5, 5.41) is 3.30. The van der Waals surface area contributed by atoms with E-state index in [0.717, 1.165) is 79.0 Å². The topological polar surface area (TPSA) is 88.2 Å². The van der Waals surface area contributed by atoms with Crippen molar-refractivity contribution in [1.29, 1.82) is 0 Å². The molecular weight excluding hydrogens is 500 g/mol. The number of hydrogen-bond acceptors (Lipinski definition) is 7. The third-order valence-electron chi connectivity index (χ3n) is 6.83. The van der Waals surface area contributed by atoms with Gasteiger partial charge in [0.2, 0.25) is 5.95 Å². The Kier molecular flexibility index (Phi) is 8.07. The van der Waals surface area contributed by atoms with Crippen molar-refractivity contribution in [3.8, 4) is 39.7 Å². The van der Waals surface area contributed by atoms with Crippen molar-refractivity contribution in [3.63, 3.8) is 0 Å². The van der Waals surface area contributed by atoms with Gasteiger partial charge in [-0.25, -0.2) is 15.0 Å². The molecule has 3 aromatic carbocycles. The van der Waals surface area contributed by atoms with Gasteiger partial charge in [0, 0.05) is 43.1 Å². The number of nitrogens with zero attached hydrogens (tertiary/aromatic N) is 4. The maximum atomic E-state index is 6.00. The Balaban J connectivity index is 1.09. The van der Waals surface area contributed by atoms with Crippen LogP contribution in [0, 0.1) is 0 Å². The van der Waals surface area contributed by atoms with Crippen LogP contribution in [-0.2, 0) is 4.74 Å². The number of anilines is 2. The van der Waals surface area contributed by atoms with Crippen molar-refractivity contribution in [1.82, 2.24) is 24.8 Å². The lowest BCUT2D eigenvalue weighted by Gasteiger charge is -2.26. The third-order valence-corrected chi connectivity index (χ3v) is 6.83. The van der Waals surface area contributed by atoms with Gasteiger partial charge >= 0.3 is 0 Å². The molecule has 0 bridgehead atoms. The SMILES string of the molecule is c1ccc(-c2cccc(-c3ncc(-c4ccnc(Nc5cccc(OCCCN6CCOCC6)c5)n4)[nH]3)c2)cc1. The van der Waals surface area contributed by atoms with Crippen molar-refractivity contribution in [2.75, 3.05) is 44.8 Å². The number of aromatic nitrogens is 4. The van der Waals surface area contributed by atoms with Crippen LogP contribution in [0.15, 0.2) is 97.3 Å². The summed E-state index contributed by atoms with van der Waals surface area (Å²) in [5.41, 5.74) is 5.78. The maximum absolute atomic E-state index is 6.00. The summed E-state index contributed by atoms with van der Waals surface area (Å²) < 4.78 is 11.4. The Morgan fingerprint density at radius 2 is 1.68 bits per heavy atom. The molecule has 40 heavy (non-hydrogen) atoms. The van der Waals surface area contributed by atoms with E-state index in [2.05, 4.69) is 61.6 Å². The fraction of sp³-hybridized carbons (Fsp3) is 0.219. The second-order valence-electron chi connectivity index (χ2n) is 9.67. The van der Waals surface area contributed by atoms with E-state index in [4.69, 9.17) is 14.5 Å². The number of imidazole rings is 1. The molecule has 1 saturated heterocycles. The Labute approximate surface area is 234 Å². The molecule has 0 saturated carbocycles. The molecule has 1 fully saturated rings. The molecule has 0 radical (unpaired) electrons. The number of morpholine rings is 1. The van der Waals surface area contributed by atoms with Gasteiger partial charge in [-0.1, -0.05) is 54.6 Å². The molecule has 2 N–H and O–H groups in total. The summed E-state index contributed by atoms with van der Waals surface area (Å²) in [6, 6.07) is 28.4. The van der Waals surface area contributed by atoms with Crippen molar-refractivity contribution in [3.05, 3.63) is 97.3 Å². The summed E-state index contributed by atoms with van der Waals surface area (Å²) in [7, 11) is 0. The number of aromatic amines is 1. The van der Waals surface area contributed by atoms with Crippen molar-refractivity contribution in [2.24, 2.45) is 0 Å². The Bertz CT molecular complexity index is 1530. The van der Waals surface area contributed by atoms with Crippen LogP contribution in [0.2, 0.25) is 0 Å². The molecule has 0 aliphatic carbocycles. The first-order valence-electron chi connectivity index (χ1n) is 13.6. The van der Waals surface area contributed by atoms with Crippen molar-refractivity contribution >= 4 is 11.6 Å². The summed E-state index contributed by atoms with van der Waals surface area (Å²) in [5.74, 6) is 2.11. The van der Waals surface area contributed by atoms with E-state index in [-0.39, 0.29) is 0 Å². The Morgan fingerprint density at radius 1 is 0.850 bits per heavy atom. The van der Waals surface area contributed by atoms with Gasteiger partial charge in [-0.3, -0.25) is 4.90 Å². The predicted molar refractivity (Wildman–Crippen MR) is 158 cm³/mol. The van der Waals surface area contributed by atoms with Gasteiger partial charge in [0.05, 0.1) is 37.4 Å². The van der Waals surface area contributed by atoms with Crippen LogP contribution in [0.25, 0.3) is 33.9 Å². The lowest BCUT2D eigenvalue weighted by molar-refractivity contribution is 0.0358. The molecule has 1 aliphatic rings. The molecular formula is C32H32N6O2. The van der Waals surface area contributed by atoms with Crippen molar-refractivity contribution < 1.29 is 9.47 Å². The van der Waals surface area contributed by atoms with Crippen LogP contribution < -0.4 is 10.1 Å². The maximum Gasteiger partial charge on any atom is 0.227 e. The highest BCUT2D eigenvalue weighted by molar-refractivity contribution is 5.71. The summed E-state index contributed by atoms with van der Waals surface area (Å²) in [4.78, 5) is 19.6. The van der Waals surface area contributed by atoms with Crippen LogP contribution >= 0.6 is 0 Å². The van der Waals surface area contributed by atoms with Gasteiger partial charge in [0.15, 0.2) is 0 Å². The highest BCUT2D eigenvalue weighted by Gasteiger charge is 2.11. The van der Waals surface area contributed by atoms with E-state index in [1.165, 1.54) is 5.56 Å². The minimum absolute atomic E-state index is 0.504. The Morgan fingerprint density at radius 3 is 2.58 bits per heavy atom. The standard InChI is InChI=1S/C32H32N6O2/c1-2-7-24(8-3-1)25-9-4-10-26(21-25)31-34-23-30(36-31)29-13-14-33-32(37-29)35-27-11-5-12-28(22-27)40-18-6-15-38-16-19-39-20-17-38/h1-5,7-14,21-23H,6,15-20H2,(H,34,36)(H,33,35,37). The number of benzene rings is 3. The lowest BCUT2D eigenvalue weighted by atomic mass is 10.0. The molecule has 8 heteroatoms. The zero-order valence-electron chi connectivity index (χ0n) is 22.3. The average molecular weight is 533 g/mol. The molecule has 1 aliphatic heterocycles. The van der Waals surface area contributed by atoms with Crippen molar-refractivity contribution in [2.45, 2.75) is 6.42 Å². The number of H-pyrrole nitrogens is 1. The van der Waals surface area contributed by atoms with E-state index in [9.17, 15) is 0 Å². The van der Waals surface area contributed by atoms with E-state index in [1.54, 1.807) is 6.20 Å². The van der Waals surface area contributed by atoms with E-state index in [1.807, 2.05) is 54.7 Å². The quantitative estimate of drug-likeness (QED) is 0.212. The summed E-state index contributed by atoms with van der Waals surface area (Å²) in [6.07, 6.45) is 4.53. The van der Waals surface area contributed by atoms with Crippen LogP contribution in [-0.4, -0.2) is 64.3 Å². The van der Waals surface area contributed by atoms with E-state index < -0.39 is 0 Å². The number of nitrogens with one attached hydrogen (secondary N) is 2. The van der Waals surface area contributed by atoms with Crippen LogP contribution in [0.5, 0.6) is 5.75 Å². The first-order chi connectivity index (χ1) is 19.8. The second kappa shape index (κ2) is 12.5. The molecule has 8 nitrogen and oxygen atoms in total.